The number of allylic oxidation sites excluding steroid dienone is 1. The van der Waals surface area contributed by atoms with E-state index in [1.807, 2.05) is 0 Å². The van der Waals surface area contributed by atoms with Gasteiger partial charge in [0.15, 0.2) is 0 Å². The zero-order valence-electron chi connectivity index (χ0n) is 10.4. The lowest BCUT2D eigenvalue weighted by Gasteiger charge is -2.43. The number of hydrogen-bond donors (Lipinski definition) is 1. The second kappa shape index (κ2) is 4.86. The monoisotopic (exact) mass is 222 g/mol. The van der Waals surface area contributed by atoms with Gasteiger partial charge in [-0.15, -0.1) is 0 Å². The molecule has 0 saturated heterocycles. The summed E-state index contributed by atoms with van der Waals surface area (Å²) in [5, 5.41) is 8.97. The molecular formula is C14H22O2. The van der Waals surface area contributed by atoms with E-state index < -0.39 is 5.97 Å². The quantitative estimate of drug-likeness (QED) is 0.580. The molecule has 1 unspecified atom stereocenters. The molecule has 0 spiro atoms. The van der Waals surface area contributed by atoms with Crippen molar-refractivity contribution in [1.29, 1.82) is 0 Å². The molecule has 90 valence electrons. The largest absolute Gasteiger partial charge is 0.478 e. The van der Waals surface area contributed by atoms with E-state index in [1.54, 1.807) is 0 Å². The molecule has 1 atom stereocenters. The average molecular weight is 222 g/mol. The first kappa shape index (κ1) is 13.0. The van der Waals surface area contributed by atoms with E-state index in [4.69, 9.17) is 5.11 Å². The molecule has 1 saturated carbocycles. The summed E-state index contributed by atoms with van der Waals surface area (Å²) in [4.78, 5) is 10.9. The smallest absolute Gasteiger partial charge is 0.330 e. The second-order valence-corrected chi connectivity index (χ2v) is 5.21. The number of rotatable bonds is 4. The van der Waals surface area contributed by atoms with Crippen LogP contribution in [-0.4, -0.2) is 11.1 Å². The summed E-state index contributed by atoms with van der Waals surface area (Å²) in [7, 11) is 0. The SMILES string of the molecule is C=C(CC1(C(C)C)CCCCC1=C)C(=O)O. The third kappa shape index (κ3) is 2.37. The van der Waals surface area contributed by atoms with Crippen molar-refractivity contribution in [2.45, 2.75) is 46.0 Å². The van der Waals surface area contributed by atoms with Gasteiger partial charge in [0, 0.05) is 5.57 Å². The van der Waals surface area contributed by atoms with Gasteiger partial charge in [-0.25, -0.2) is 4.79 Å². The highest BCUT2D eigenvalue weighted by Crippen LogP contribution is 2.49. The maximum Gasteiger partial charge on any atom is 0.330 e. The van der Waals surface area contributed by atoms with E-state index in [9.17, 15) is 4.79 Å². The number of aliphatic carboxylic acids is 1. The lowest BCUT2D eigenvalue weighted by atomic mass is 9.61. The Morgan fingerprint density at radius 2 is 2.12 bits per heavy atom. The molecule has 0 aromatic rings. The second-order valence-electron chi connectivity index (χ2n) is 5.21. The predicted molar refractivity (Wildman–Crippen MR) is 66.3 cm³/mol. The zero-order chi connectivity index (χ0) is 12.3. The van der Waals surface area contributed by atoms with Crippen LogP contribution < -0.4 is 0 Å². The van der Waals surface area contributed by atoms with Gasteiger partial charge in [-0.3, -0.25) is 0 Å². The van der Waals surface area contributed by atoms with Crippen LogP contribution in [0.15, 0.2) is 24.3 Å². The van der Waals surface area contributed by atoms with Crippen molar-refractivity contribution in [3.05, 3.63) is 24.3 Å². The maximum atomic E-state index is 10.9. The summed E-state index contributed by atoms with van der Waals surface area (Å²) in [5.41, 5.74) is 1.50. The third-order valence-electron chi connectivity index (χ3n) is 3.99. The van der Waals surface area contributed by atoms with Gasteiger partial charge in [-0.2, -0.15) is 0 Å². The van der Waals surface area contributed by atoms with Gasteiger partial charge in [-0.05, 0) is 37.0 Å². The lowest BCUT2D eigenvalue weighted by Crippen LogP contribution is -2.33. The van der Waals surface area contributed by atoms with E-state index in [0.29, 0.717) is 17.9 Å². The molecule has 1 aliphatic rings. The Morgan fingerprint density at radius 3 is 2.56 bits per heavy atom. The molecule has 0 aromatic carbocycles. The molecule has 0 bridgehead atoms. The van der Waals surface area contributed by atoms with Gasteiger partial charge in [-0.1, -0.05) is 39.0 Å². The van der Waals surface area contributed by atoms with Crippen molar-refractivity contribution in [2.24, 2.45) is 11.3 Å². The Hall–Kier alpha value is -1.05. The third-order valence-corrected chi connectivity index (χ3v) is 3.99. The first-order valence-electron chi connectivity index (χ1n) is 5.99. The standard InChI is InChI=1S/C14H22O2/c1-10(2)14(9-11(3)13(15)16)8-6-5-7-12(14)4/h10H,3-9H2,1-2H3,(H,15,16). The van der Waals surface area contributed by atoms with E-state index in [0.717, 1.165) is 12.8 Å². The Bertz CT molecular complexity index is 315. The average Bonchev–Trinajstić information content (AvgIpc) is 2.20. The number of hydrogen-bond acceptors (Lipinski definition) is 1. The molecule has 2 heteroatoms. The van der Waals surface area contributed by atoms with Crippen molar-refractivity contribution in [1.82, 2.24) is 0 Å². The summed E-state index contributed by atoms with van der Waals surface area (Å²) >= 11 is 0. The van der Waals surface area contributed by atoms with Crippen LogP contribution in [-0.2, 0) is 4.79 Å². The minimum atomic E-state index is -0.876. The molecule has 0 aliphatic heterocycles. The zero-order valence-corrected chi connectivity index (χ0v) is 10.4. The van der Waals surface area contributed by atoms with E-state index in [-0.39, 0.29) is 5.41 Å². The maximum absolute atomic E-state index is 10.9. The van der Waals surface area contributed by atoms with Gasteiger partial charge in [0.25, 0.3) is 0 Å². The fraction of sp³-hybridized carbons (Fsp3) is 0.643. The highest BCUT2D eigenvalue weighted by molar-refractivity contribution is 5.85. The fourth-order valence-corrected chi connectivity index (χ4v) is 2.78. The van der Waals surface area contributed by atoms with E-state index in [2.05, 4.69) is 27.0 Å². The Kier molecular flexibility index (Phi) is 3.95. The van der Waals surface area contributed by atoms with Gasteiger partial charge < -0.3 is 5.11 Å². The number of carboxylic acid groups (broad SMARTS) is 1. The molecule has 1 rings (SSSR count). The molecule has 0 aromatic heterocycles. The van der Waals surface area contributed by atoms with Crippen molar-refractivity contribution in [3.63, 3.8) is 0 Å². The van der Waals surface area contributed by atoms with Gasteiger partial charge >= 0.3 is 5.97 Å². The van der Waals surface area contributed by atoms with Gasteiger partial charge in [0.2, 0.25) is 0 Å². The van der Waals surface area contributed by atoms with Crippen LogP contribution in [0.3, 0.4) is 0 Å². The predicted octanol–water partition coefficient (Wildman–Crippen LogP) is 3.79. The molecule has 2 nitrogen and oxygen atoms in total. The van der Waals surface area contributed by atoms with Crippen LogP contribution in [0.25, 0.3) is 0 Å². The van der Waals surface area contributed by atoms with Crippen molar-refractivity contribution < 1.29 is 9.90 Å². The van der Waals surface area contributed by atoms with Gasteiger partial charge in [0.05, 0.1) is 0 Å². The summed E-state index contributed by atoms with van der Waals surface area (Å²) < 4.78 is 0. The number of carbonyl (C=O) groups is 1. The molecule has 0 amide bonds. The molecule has 1 fully saturated rings. The van der Waals surface area contributed by atoms with Gasteiger partial charge in [0.1, 0.15) is 0 Å². The van der Waals surface area contributed by atoms with Crippen LogP contribution >= 0.6 is 0 Å². The molecule has 1 aliphatic carbocycles. The molecular weight excluding hydrogens is 200 g/mol. The summed E-state index contributed by atoms with van der Waals surface area (Å²) in [5.74, 6) is -0.449. The summed E-state index contributed by atoms with van der Waals surface area (Å²) in [6.45, 7) is 12.2. The first-order chi connectivity index (χ1) is 7.40. The van der Waals surface area contributed by atoms with Crippen LogP contribution in [0.4, 0.5) is 0 Å². The topological polar surface area (TPSA) is 37.3 Å². The number of carboxylic acids is 1. The first-order valence-corrected chi connectivity index (χ1v) is 5.99. The Morgan fingerprint density at radius 1 is 1.50 bits per heavy atom. The Balaban J connectivity index is 2.92. The fourth-order valence-electron chi connectivity index (χ4n) is 2.78. The van der Waals surface area contributed by atoms with Crippen LogP contribution in [0.5, 0.6) is 0 Å². The molecule has 1 N–H and O–H groups in total. The van der Waals surface area contributed by atoms with Crippen LogP contribution in [0.2, 0.25) is 0 Å². The van der Waals surface area contributed by atoms with Crippen LogP contribution in [0.1, 0.15) is 46.0 Å². The highest BCUT2D eigenvalue weighted by atomic mass is 16.4. The molecule has 0 heterocycles. The van der Waals surface area contributed by atoms with E-state index in [1.165, 1.54) is 18.4 Å². The van der Waals surface area contributed by atoms with Crippen LogP contribution in [0, 0.1) is 11.3 Å². The normalized spacial score (nSPS) is 25.8. The molecule has 16 heavy (non-hydrogen) atoms. The van der Waals surface area contributed by atoms with Crippen molar-refractivity contribution in [2.75, 3.05) is 0 Å². The van der Waals surface area contributed by atoms with E-state index >= 15 is 0 Å². The Labute approximate surface area is 98.1 Å². The lowest BCUT2D eigenvalue weighted by molar-refractivity contribution is -0.133. The van der Waals surface area contributed by atoms with Crippen molar-refractivity contribution in [3.8, 4) is 0 Å². The minimum absolute atomic E-state index is 0.0340. The summed E-state index contributed by atoms with van der Waals surface area (Å²) in [6, 6.07) is 0. The van der Waals surface area contributed by atoms with Crippen molar-refractivity contribution >= 4 is 5.97 Å². The minimum Gasteiger partial charge on any atom is -0.478 e. The molecule has 0 radical (unpaired) electrons. The highest BCUT2D eigenvalue weighted by Gasteiger charge is 2.39. The summed E-state index contributed by atoms with van der Waals surface area (Å²) in [6.07, 6.45) is 5.00.